The zero-order valence-electron chi connectivity index (χ0n) is 16.3. The second-order valence-corrected chi connectivity index (χ2v) is 9.97. The van der Waals surface area contributed by atoms with Gasteiger partial charge in [-0.05, 0) is 18.2 Å². The van der Waals surface area contributed by atoms with Gasteiger partial charge in [-0.2, -0.15) is 0 Å². The Labute approximate surface area is 155 Å². The SMILES string of the molecule is COP(C(C)C)C(C)C.Cc1cn([C@H]2C[C@H](O)[C@@H](CO)O2)c(=O)[nH]c1=O. The van der Waals surface area contributed by atoms with Gasteiger partial charge in [0.25, 0.3) is 5.56 Å². The Morgan fingerprint density at radius 2 is 1.92 bits per heavy atom. The topological polar surface area (TPSA) is 114 Å². The Hall–Kier alpha value is -1.05. The van der Waals surface area contributed by atoms with Gasteiger partial charge in [0.05, 0.1) is 12.7 Å². The summed E-state index contributed by atoms with van der Waals surface area (Å²) in [7, 11) is 1.63. The highest BCUT2D eigenvalue weighted by molar-refractivity contribution is 7.54. The van der Waals surface area contributed by atoms with Crippen molar-refractivity contribution in [2.75, 3.05) is 13.7 Å². The van der Waals surface area contributed by atoms with Gasteiger partial charge in [-0.1, -0.05) is 27.7 Å². The number of hydrogen-bond donors (Lipinski definition) is 3. The fourth-order valence-corrected chi connectivity index (χ4v) is 4.90. The quantitative estimate of drug-likeness (QED) is 0.654. The van der Waals surface area contributed by atoms with E-state index in [2.05, 4.69) is 32.7 Å². The van der Waals surface area contributed by atoms with Gasteiger partial charge < -0.3 is 19.5 Å². The summed E-state index contributed by atoms with van der Waals surface area (Å²) in [5, 5.41) is 18.5. The minimum Gasteiger partial charge on any atom is -0.394 e. The summed E-state index contributed by atoms with van der Waals surface area (Å²) in [6.45, 7) is 10.1. The van der Waals surface area contributed by atoms with Gasteiger partial charge in [-0.3, -0.25) is 14.3 Å². The molecule has 0 radical (unpaired) electrons. The largest absolute Gasteiger partial charge is 0.394 e. The van der Waals surface area contributed by atoms with Gasteiger partial charge in [0.2, 0.25) is 0 Å². The molecular formula is C17H31N2O6P. The second-order valence-electron chi connectivity index (χ2n) is 6.82. The molecule has 1 saturated heterocycles. The molecule has 2 heterocycles. The number of nitrogens with zero attached hydrogens (tertiary/aromatic N) is 1. The zero-order chi connectivity index (χ0) is 20.0. The van der Waals surface area contributed by atoms with Crippen LogP contribution in [0.4, 0.5) is 0 Å². The van der Waals surface area contributed by atoms with Crippen LogP contribution in [0.15, 0.2) is 15.8 Å². The lowest BCUT2D eigenvalue weighted by molar-refractivity contribution is -0.0459. The number of ether oxygens (including phenoxy) is 1. The molecule has 0 aromatic carbocycles. The Morgan fingerprint density at radius 1 is 1.35 bits per heavy atom. The number of nitrogens with one attached hydrogen (secondary N) is 1. The van der Waals surface area contributed by atoms with E-state index in [-0.39, 0.29) is 21.2 Å². The van der Waals surface area contributed by atoms with Gasteiger partial charge in [0, 0.05) is 33.4 Å². The zero-order valence-corrected chi connectivity index (χ0v) is 17.2. The first-order chi connectivity index (χ1) is 12.1. The van der Waals surface area contributed by atoms with Crippen molar-refractivity contribution in [1.29, 1.82) is 0 Å². The number of aliphatic hydroxyl groups is 2. The summed E-state index contributed by atoms with van der Waals surface area (Å²) in [4.78, 5) is 24.9. The van der Waals surface area contributed by atoms with Crippen LogP contribution in [0.3, 0.4) is 0 Å². The average Bonchev–Trinajstić information content (AvgIpc) is 2.92. The molecule has 2 rings (SSSR count). The third-order valence-corrected chi connectivity index (χ3v) is 6.53. The lowest BCUT2D eigenvalue weighted by atomic mass is 10.2. The Morgan fingerprint density at radius 3 is 2.31 bits per heavy atom. The summed E-state index contributed by atoms with van der Waals surface area (Å²) in [6, 6.07) is 0. The van der Waals surface area contributed by atoms with Crippen molar-refractivity contribution in [1.82, 2.24) is 9.55 Å². The molecule has 1 aromatic rings. The predicted octanol–water partition coefficient (Wildman–Crippen LogP) is 1.33. The van der Waals surface area contributed by atoms with E-state index in [1.165, 1.54) is 10.8 Å². The molecule has 26 heavy (non-hydrogen) atoms. The van der Waals surface area contributed by atoms with Crippen LogP contribution in [0.5, 0.6) is 0 Å². The first-order valence-electron chi connectivity index (χ1n) is 8.71. The first kappa shape index (κ1) is 23.0. The molecule has 1 fully saturated rings. The lowest BCUT2D eigenvalue weighted by Gasteiger charge is -2.22. The molecule has 0 amide bonds. The smallest absolute Gasteiger partial charge is 0.330 e. The van der Waals surface area contributed by atoms with Crippen molar-refractivity contribution in [3.63, 3.8) is 0 Å². The van der Waals surface area contributed by atoms with Crippen molar-refractivity contribution < 1.29 is 19.5 Å². The van der Waals surface area contributed by atoms with E-state index in [9.17, 15) is 14.7 Å². The maximum atomic E-state index is 11.6. The van der Waals surface area contributed by atoms with E-state index >= 15 is 0 Å². The molecule has 150 valence electrons. The molecule has 3 N–H and O–H groups in total. The third-order valence-electron chi connectivity index (χ3n) is 4.07. The fourth-order valence-electron chi connectivity index (χ4n) is 2.87. The van der Waals surface area contributed by atoms with Crippen LogP contribution in [0.25, 0.3) is 0 Å². The maximum Gasteiger partial charge on any atom is 0.330 e. The van der Waals surface area contributed by atoms with Crippen molar-refractivity contribution in [3.8, 4) is 0 Å². The molecule has 8 nitrogen and oxygen atoms in total. The third kappa shape index (κ3) is 5.99. The molecular weight excluding hydrogens is 359 g/mol. The minimum atomic E-state index is -0.816. The summed E-state index contributed by atoms with van der Waals surface area (Å²) in [5.41, 5.74) is 0.755. The number of aromatic nitrogens is 2. The van der Waals surface area contributed by atoms with Crippen LogP contribution < -0.4 is 11.2 Å². The van der Waals surface area contributed by atoms with Crippen LogP contribution in [0.1, 0.15) is 45.9 Å². The number of aryl methyl sites for hydroxylation is 1. The molecule has 0 unspecified atom stereocenters. The number of H-pyrrole nitrogens is 1. The molecule has 0 spiro atoms. The number of aromatic amines is 1. The van der Waals surface area contributed by atoms with Crippen molar-refractivity contribution in [3.05, 3.63) is 32.6 Å². The fraction of sp³-hybridized carbons (Fsp3) is 0.765. The molecule has 1 aliphatic rings. The van der Waals surface area contributed by atoms with Gasteiger partial charge in [0.15, 0.2) is 0 Å². The number of hydrogen-bond acceptors (Lipinski definition) is 6. The Kier molecular flexibility index (Phi) is 9.13. The normalized spacial score (nSPS) is 22.8. The molecule has 3 atom stereocenters. The van der Waals surface area contributed by atoms with E-state index in [1.807, 2.05) is 7.11 Å². The lowest BCUT2D eigenvalue weighted by Crippen LogP contribution is -2.33. The van der Waals surface area contributed by atoms with Crippen LogP contribution >= 0.6 is 8.15 Å². The van der Waals surface area contributed by atoms with E-state index in [1.54, 1.807) is 6.92 Å². The standard InChI is InChI=1S/C10H14N2O5.C7H17OP/c1-5-3-12(10(16)11-9(5)15)8-2-6(14)7(4-13)17-8;1-6(2)9(8-5)7(3)4/h3,6-8,13-14H,2,4H2,1H3,(H,11,15,16);6-7H,1-5H3/t6-,7+,8+;/m0./s1. The van der Waals surface area contributed by atoms with Gasteiger partial charge >= 0.3 is 5.69 Å². The van der Waals surface area contributed by atoms with Gasteiger partial charge in [0.1, 0.15) is 12.3 Å². The van der Waals surface area contributed by atoms with Crippen LogP contribution in [0, 0.1) is 6.92 Å². The van der Waals surface area contributed by atoms with Crippen molar-refractivity contribution >= 4 is 8.15 Å². The average molecular weight is 390 g/mol. The van der Waals surface area contributed by atoms with E-state index in [0.29, 0.717) is 16.9 Å². The molecule has 0 saturated carbocycles. The Balaban J connectivity index is 0.000000321. The maximum absolute atomic E-state index is 11.6. The highest BCUT2D eigenvalue weighted by Gasteiger charge is 2.34. The first-order valence-corrected chi connectivity index (χ1v) is 10.1. The molecule has 9 heteroatoms. The molecule has 1 aromatic heterocycles. The molecule has 1 aliphatic heterocycles. The van der Waals surface area contributed by atoms with E-state index in [4.69, 9.17) is 14.4 Å². The van der Waals surface area contributed by atoms with E-state index in [0.717, 1.165) is 0 Å². The summed E-state index contributed by atoms with van der Waals surface area (Å²) in [6.07, 6.45) is -0.581. The molecule has 0 aliphatic carbocycles. The summed E-state index contributed by atoms with van der Waals surface area (Å²) < 4.78 is 11.9. The number of rotatable bonds is 5. The highest BCUT2D eigenvalue weighted by Crippen LogP contribution is 2.45. The summed E-state index contributed by atoms with van der Waals surface area (Å²) in [5.74, 6) is 0. The molecule has 0 bridgehead atoms. The number of aliphatic hydroxyl groups excluding tert-OH is 2. The van der Waals surface area contributed by atoms with Crippen LogP contribution in [0.2, 0.25) is 0 Å². The summed E-state index contributed by atoms with van der Waals surface area (Å²) >= 11 is 0. The van der Waals surface area contributed by atoms with E-state index < -0.39 is 29.7 Å². The van der Waals surface area contributed by atoms with Crippen molar-refractivity contribution in [2.45, 2.75) is 70.8 Å². The van der Waals surface area contributed by atoms with Crippen LogP contribution in [-0.4, -0.2) is 57.0 Å². The second kappa shape index (κ2) is 10.3. The predicted molar refractivity (Wildman–Crippen MR) is 102 cm³/mol. The van der Waals surface area contributed by atoms with Crippen molar-refractivity contribution in [2.24, 2.45) is 0 Å². The monoisotopic (exact) mass is 390 g/mol. The van der Waals surface area contributed by atoms with Gasteiger partial charge in [-0.15, -0.1) is 0 Å². The minimum absolute atomic E-state index is 0.176. The van der Waals surface area contributed by atoms with Gasteiger partial charge in [-0.25, -0.2) is 4.79 Å². The Bertz CT molecular complexity index is 664. The highest BCUT2D eigenvalue weighted by atomic mass is 31.1. The van der Waals surface area contributed by atoms with Crippen LogP contribution in [-0.2, 0) is 9.26 Å².